The zero-order valence-corrected chi connectivity index (χ0v) is 14.5. The highest BCUT2D eigenvalue weighted by atomic mass is 32.2. The van der Waals surface area contributed by atoms with Crippen LogP contribution in [0.1, 0.15) is 43.2 Å². The molecule has 1 aliphatic rings. The van der Waals surface area contributed by atoms with Crippen LogP contribution in [0.3, 0.4) is 0 Å². The van der Waals surface area contributed by atoms with Gasteiger partial charge in [0.1, 0.15) is 5.75 Å². The lowest BCUT2D eigenvalue weighted by molar-refractivity contribution is -0.119. The smallest absolute Gasteiger partial charge is 0.230 e. The maximum atomic E-state index is 11.8. The van der Waals surface area contributed by atoms with E-state index in [1.54, 1.807) is 11.8 Å². The normalized spacial score (nSPS) is 15.0. The van der Waals surface area contributed by atoms with E-state index in [0.29, 0.717) is 18.4 Å². The monoisotopic (exact) mass is 321 g/mol. The van der Waals surface area contributed by atoms with Gasteiger partial charge in [-0.2, -0.15) is 11.8 Å². The maximum absolute atomic E-state index is 11.8. The van der Waals surface area contributed by atoms with Gasteiger partial charge < -0.3 is 10.1 Å². The number of rotatable bonds is 8. The molecule has 0 aromatic heterocycles. The number of aryl methyl sites for hydroxylation is 2. The number of hydrogen-bond donors (Lipinski definition) is 1. The molecule has 1 N–H and O–H groups in total. The summed E-state index contributed by atoms with van der Waals surface area (Å²) in [4.78, 5) is 11.8. The van der Waals surface area contributed by atoms with Crippen LogP contribution in [0.4, 0.5) is 0 Å². The van der Waals surface area contributed by atoms with Gasteiger partial charge in [0.05, 0.1) is 12.4 Å². The second-order valence-corrected chi connectivity index (χ2v) is 7.18. The maximum Gasteiger partial charge on any atom is 0.230 e. The zero-order valence-electron chi connectivity index (χ0n) is 13.7. The minimum absolute atomic E-state index is 0.187. The average molecular weight is 321 g/mol. The quantitative estimate of drug-likeness (QED) is 0.739. The third kappa shape index (κ3) is 5.91. The van der Waals surface area contributed by atoms with Gasteiger partial charge in [-0.25, -0.2) is 0 Å². The number of carbonyl (C=O) groups excluding carboxylic acids is 1. The van der Waals surface area contributed by atoms with Crippen molar-refractivity contribution in [3.63, 3.8) is 0 Å². The predicted molar refractivity (Wildman–Crippen MR) is 93.8 cm³/mol. The van der Waals surface area contributed by atoms with E-state index in [4.69, 9.17) is 4.74 Å². The van der Waals surface area contributed by atoms with Crippen LogP contribution in [0, 0.1) is 13.8 Å². The first-order valence-corrected chi connectivity index (χ1v) is 9.38. The Balaban J connectivity index is 1.53. The molecule has 3 nitrogen and oxygen atoms in total. The van der Waals surface area contributed by atoms with Gasteiger partial charge in [0.2, 0.25) is 5.91 Å². The van der Waals surface area contributed by atoms with Crippen LogP contribution in [-0.2, 0) is 4.79 Å². The van der Waals surface area contributed by atoms with Crippen LogP contribution in [0.25, 0.3) is 0 Å². The highest BCUT2D eigenvalue weighted by molar-refractivity contribution is 7.99. The molecule has 2 rings (SSSR count). The lowest BCUT2D eigenvalue weighted by Crippen LogP contribution is -2.33. The third-order valence-corrected chi connectivity index (χ3v) is 5.03. The van der Waals surface area contributed by atoms with E-state index >= 15 is 0 Å². The van der Waals surface area contributed by atoms with Gasteiger partial charge in [-0.3, -0.25) is 4.79 Å². The van der Waals surface area contributed by atoms with Crippen LogP contribution < -0.4 is 10.1 Å². The third-order valence-electron chi connectivity index (χ3n) is 3.99. The van der Waals surface area contributed by atoms with Crippen LogP contribution >= 0.6 is 11.8 Å². The fourth-order valence-electron chi connectivity index (χ4n) is 2.71. The molecule has 0 heterocycles. The largest absolute Gasteiger partial charge is 0.493 e. The van der Waals surface area contributed by atoms with E-state index in [1.165, 1.54) is 24.0 Å². The van der Waals surface area contributed by atoms with Gasteiger partial charge in [-0.15, -0.1) is 0 Å². The van der Waals surface area contributed by atoms with Crippen molar-refractivity contribution in [1.29, 1.82) is 0 Å². The van der Waals surface area contributed by atoms with Crippen molar-refractivity contribution in [2.75, 3.05) is 18.1 Å². The molecule has 4 heteroatoms. The highest BCUT2D eigenvalue weighted by Gasteiger charge is 2.16. The minimum atomic E-state index is 0.187. The van der Waals surface area contributed by atoms with E-state index in [1.807, 2.05) is 0 Å². The van der Waals surface area contributed by atoms with E-state index in [-0.39, 0.29) is 5.91 Å². The van der Waals surface area contributed by atoms with E-state index in [2.05, 4.69) is 37.4 Å². The van der Waals surface area contributed by atoms with Gasteiger partial charge >= 0.3 is 0 Å². The molecule has 0 atom stereocenters. The SMILES string of the molecule is Cc1ccc(C)c(OCCCSCC(=O)NC2CCCC2)c1. The average Bonchev–Trinajstić information content (AvgIpc) is 2.99. The van der Waals surface area contributed by atoms with Gasteiger partial charge in [0.15, 0.2) is 0 Å². The molecule has 1 aromatic rings. The van der Waals surface area contributed by atoms with Crippen molar-refractivity contribution in [3.05, 3.63) is 29.3 Å². The summed E-state index contributed by atoms with van der Waals surface area (Å²) in [6.45, 7) is 4.85. The van der Waals surface area contributed by atoms with Crippen molar-refractivity contribution >= 4 is 17.7 Å². The number of benzene rings is 1. The van der Waals surface area contributed by atoms with E-state index in [0.717, 1.165) is 30.8 Å². The summed E-state index contributed by atoms with van der Waals surface area (Å²) in [5.41, 5.74) is 2.40. The van der Waals surface area contributed by atoms with Crippen LogP contribution in [0.2, 0.25) is 0 Å². The van der Waals surface area contributed by atoms with Crippen molar-refractivity contribution in [3.8, 4) is 5.75 Å². The van der Waals surface area contributed by atoms with Gasteiger partial charge in [-0.05, 0) is 56.1 Å². The molecule has 0 bridgehead atoms. The van der Waals surface area contributed by atoms with Gasteiger partial charge in [-0.1, -0.05) is 25.0 Å². The summed E-state index contributed by atoms with van der Waals surface area (Å²) in [7, 11) is 0. The lowest BCUT2D eigenvalue weighted by Gasteiger charge is -2.12. The fraction of sp³-hybridized carbons (Fsp3) is 0.611. The molecule has 1 saturated carbocycles. The van der Waals surface area contributed by atoms with Gasteiger partial charge in [0.25, 0.3) is 0 Å². The summed E-state index contributed by atoms with van der Waals surface area (Å²) in [5, 5.41) is 3.12. The number of carbonyl (C=O) groups is 1. The second-order valence-electron chi connectivity index (χ2n) is 6.07. The molecule has 0 spiro atoms. The molecule has 1 amide bonds. The van der Waals surface area contributed by atoms with Crippen molar-refractivity contribution in [2.24, 2.45) is 0 Å². The molecule has 122 valence electrons. The van der Waals surface area contributed by atoms with Crippen LogP contribution in [-0.4, -0.2) is 30.1 Å². The molecule has 0 aliphatic heterocycles. The Kier molecular flexibility index (Phi) is 7.10. The highest BCUT2D eigenvalue weighted by Crippen LogP contribution is 2.20. The number of thioether (sulfide) groups is 1. The Morgan fingerprint density at radius 1 is 1.32 bits per heavy atom. The number of hydrogen-bond acceptors (Lipinski definition) is 3. The summed E-state index contributed by atoms with van der Waals surface area (Å²) < 4.78 is 5.82. The first-order valence-electron chi connectivity index (χ1n) is 8.22. The molecule has 1 aliphatic carbocycles. The molecule has 22 heavy (non-hydrogen) atoms. The minimum Gasteiger partial charge on any atom is -0.493 e. The zero-order chi connectivity index (χ0) is 15.8. The Morgan fingerprint density at radius 3 is 2.86 bits per heavy atom. The Hall–Kier alpha value is -1.16. The number of amides is 1. The molecule has 1 fully saturated rings. The summed E-state index contributed by atoms with van der Waals surface area (Å²) in [6, 6.07) is 6.70. The van der Waals surface area contributed by atoms with E-state index < -0.39 is 0 Å². The molecule has 1 aromatic carbocycles. The Morgan fingerprint density at radius 2 is 2.09 bits per heavy atom. The topological polar surface area (TPSA) is 38.3 Å². The van der Waals surface area contributed by atoms with Crippen molar-refractivity contribution in [2.45, 2.75) is 52.0 Å². The predicted octanol–water partition coefficient (Wildman–Crippen LogP) is 3.86. The molecular formula is C18H27NO2S. The Bertz CT molecular complexity index is 484. The molecular weight excluding hydrogens is 294 g/mol. The molecule has 0 saturated heterocycles. The number of ether oxygens (including phenoxy) is 1. The van der Waals surface area contributed by atoms with Gasteiger partial charge in [0, 0.05) is 6.04 Å². The lowest BCUT2D eigenvalue weighted by atomic mass is 10.1. The van der Waals surface area contributed by atoms with E-state index in [9.17, 15) is 4.79 Å². The molecule has 0 radical (unpaired) electrons. The second kappa shape index (κ2) is 9.09. The molecule has 0 unspecified atom stereocenters. The van der Waals surface area contributed by atoms with Crippen LogP contribution in [0.15, 0.2) is 18.2 Å². The van der Waals surface area contributed by atoms with Crippen molar-refractivity contribution < 1.29 is 9.53 Å². The number of nitrogens with one attached hydrogen (secondary N) is 1. The first kappa shape index (κ1) is 17.2. The standard InChI is InChI=1S/C18H27NO2S/c1-14-8-9-15(2)17(12-14)21-10-5-11-22-13-18(20)19-16-6-3-4-7-16/h8-9,12,16H,3-7,10-11,13H2,1-2H3,(H,19,20). The first-order chi connectivity index (χ1) is 10.6. The summed E-state index contributed by atoms with van der Waals surface area (Å²) in [6.07, 6.45) is 5.79. The van der Waals surface area contributed by atoms with Crippen molar-refractivity contribution in [1.82, 2.24) is 5.32 Å². The van der Waals surface area contributed by atoms with Crippen LogP contribution in [0.5, 0.6) is 5.75 Å². The summed E-state index contributed by atoms with van der Waals surface area (Å²) in [5.74, 6) is 2.69. The fourth-order valence-corrected chi connectivity index (χ4v) is 3.45. The summed E-state index contributed by atoms with van der Waals surface area (Å²) >= 11 is 1.70. The Labute approximate surface area is 138 Å².